The fourth-order valence-corrected chi connectivity index (χ4v) is 2.05. The van der Waals surface area contributed by atoms with Crippen LogP contribution in [0.5, 0.6) is 0 Å². The quantitative estimate of drug-likeness (QED) is 0.611. The highest BCUT2D eigenvalue weighted by Gasteiger charge is 2.06. The molecule has 0 radical (unpaired) electrons. The van der Waals surface area contributed by atoms with Crippen LogP contribution in [0.3, 0.4) is 0 Å². The van der Waals surface area contributed by atoms with Gasteiger partial charge >= 0.3 is 0 Å². The summed E-state index contributed by atoms with van der Waals surface area (Å²) in [6, 6.07) is 9.12. The van der Waals surface area contributed by atoms with Crippen molar-refractivity contribution in [2.45, 2.75) is 31.7 Å². The van der Waals surface area contributed by atoms with Gasteiger partial charge in [-0.2, -0.15) is 0 Å². The fraction of sp³-hybridized carbons (Fsp3) is 0.429. The lowest BCUT2D eigenvalue weighted by molar-refractivity contribution is 0.644. The molecule has 0 aliphatic heterocycles. The minimum Gasteiger partial charge on any atom is -0.307 e. The largest absolute Gasteiger partial charge is 0.307 e. The summed E-state index contributed by atoms with van der Waals surface area (Å²) >= 11 is 1.78. The molecule has 0 saturated heterocycles. The van der Waals surface area contributed by atoms with Crippen molar-refractivity contribution in [3.8, 4) is 0 Å². The minimum atomic E-state index is 0.339. The lowest BCUT2D eigenvalue weighted by Crippen LogP contribution is -2.19. The lowest BCUT2D eigenvalue weighted by Gasteiger charge is -2.15. The molecule has 0 aromatic heterocycles. The highest BCUT2D eigenvalue weighted by atomic mass is 32.2. The Morgan fingerprint density at radius 1 is 1.31 bits per heavy atom. The van der Waals surface area contributed by atoms with Crippen LogP contribution in [0, 0.1) is 0 Å². The summed E-state index contributed by atoms with van der Waals surface area (Å²) < 4.78 is 0. The van der Waals surface area contributed by atoms with Crippen molar-refractivity contribution in [3.63, 3.8) is 0 Å². The predicted octanol–water partition coefficient (Wildman–Crippen LogP) is 4.03. The van der Waals surface area contributed by atoms with Crippen LogP contribution in [0.2, 0.25) is 0 Å². The Balaban J connectivity index is 2.88. The average molecular weight is 235 g/mol. The first-order valence-corrected chi connectivity index (χ1v) is 6.92. The Morgan fingerprint density at radius 3 is 2.38 bits per heavy atom. The minimum absolute atomic E-state index is 0.339. The standard InChI is InChI=1S/C14H21NS/c1-5-15-14(10-11(2)3)12-6-8-13(16-4)9-7-12/h6-10,14-15H,5H2,1-4H3. The molecular formula is C14H21NS. The Labute approximate surface area is 103 Å². The Morgan fingerprint density at radius 2 is 1.94 bits per heavy atom. The molecule has 1 unspecified atom stereocenters. The monoisotopic (exact) mass is 235 g/mol. The van der Waals surface area contributed by atoms with Gasteiger partial charge in [0.05, 0.1) is 6.04 Å². The topological polar surface area (TPSA) is 12.0 Å². The highest BCUT2D eigenvalue weighted by molar-refractivity contribution is 7.98. The summed E-state index contributed by atoms with van der Waals surface area (Å²) in [7, 11) is 0. The SMILES string of the molecule is CCNC(C=C(C)C)c1ccc(SC)cc1. The summed E-state index contributed by atoms with van der Waals surface area (Å²) in [5.74, 6) is 0. The van der Waals surface area contributed by atoms with Crippen molar-refractivity contribution in [1.82, 2.24) is 5.32 Å². The van der Waals surface area contributed by atoms with Gasteiger partial charge in [-0.15, -0.1) is 11.8 Å². The third-order valence-corrected chi connectivity index (χ3v) is 3.14. The fourth-order valence-electron chi connectivity index (χ4n) is 1.64. The Bertz CT molecular complexity index is 336. The van der Waals surface area contributed by atoms with Crippen LogP contribution in [0.1, 0.15) is 32.4 Å². The van der Waals surface area contributed by atoms with Crippen LogP contribution in [-0.4, -0.2) is 12.8 Å². The van der Waals surface area contributed by atoms with Gasteiger partial charge in [0.25, 0.3) is 0 Å². The number of thioether (sulfide) groups is 1. The van der Waals surface area contributed by atoms with Gasteiger partial charge in [-0.3, -0.25) is 0 Å². The van der Waals surface area contributed by atoms with E-state index in [1.54, 1.807) is 11.8 Å². The molecule has 0 saturated carbocycles. The molecule has 0 fully saturated rings. The third kappa shape index (κ3) is 4.03. The summed E-state index contributed by atoms with van der Waals surface area (Å²) in [5, 5.41) is 3.48. The van der Waals surface area contributed by atoms with E-state index in [-0.39, 0.29) is 0 Å². The average Bonchev–Trinajstić information content (AvgIpc) is 2.28. The maximum Gasteiger partial charge on any atom is 0.0508 e. The molecule has 1 aromatic rings. The van der Waals surface area contributed by atoms with Crippen LogP contribution < -0.4 is 5.32 Å². The van der Waals surface area contributed by atoms with E-state index in [1.807, 2.05) is 0 Å². The Kier molecular flexibility index (Phi) is 5.64. The van der Waals surface area contributed by atoms with Crippen LogP contribution in [-0.2, 0) is 0 Å². The summed E-state index contributed by atoms with van der Waals surface area (Å²) in [6.45, 7) is 7.40. The summed E-state index contributed by atoms with van der Waals surface area (Å²) in [6.07, 6.45) is 4.38. The molecular weight excluding hydrogens is 214 g/mol. The number of allylic oxidation sites excluding steroid dienone is 1. The molecule has 0 aliphatic carbocycles. The van der Waals surface area contributed by atoms with Gasteiger partial charge in [0.2, 0.25) is 0 Å². The number of benzene rings is 1. The molecule has 1 nitrogen and oxygen atoms in total. The molecule has 0 spiro atoms. The molecule has 1 rings (SSSR count). The molecule has 88 valence electrons. The third-order valence-electron chi connectivity index (χ3n) is 2.40. The summed E-state index contributed by atoms with van der Waals surface area (Å²) in [5.41, 5.74) is 2.68. The van der Waals surface area contributed by atoms with Crippen LogP contribution in [0.25, 0.3) is 0 Å². The molecule has 0 aliphatic rings. The molecule has 0 heterocycles. The number of hydrogen-bond acceptors (Lipinski definition) is 2. The maximum atomic E-state index is 3.48. The molecule has 1 aromatic carbocycles. The second-order valence-corrected chi connectivity index (χ2v) is 4.93. The van der Waals surface area contributed by atoms with Crippen molar-refractivity contribution in [1.29, 1.82) is 0 Å². The molecule has 0 bridgehead atoms. The van der Waals surface area contributed by atoms with E-state index in [0.29, 0.717) is 6.04 Å². The number of hydrogen-bond donors (Lipinski definition) is 1. The van der Waals surface area contributed by atoms with Crippen molar-refractivity contribution in [2.75, 3.05) is 12.8 Å². The van der Waals surface area contributed by atoms with E-state index in [4.69, 9.17) is 0 Å². The van der Waals surface area contributed by atoms with Gasteiger partial charge in [0.15, 0.2) is 0 Å². The number of likely N-dealkylation sites (N-methyl/N-ethyl adjacent to an activating group) is 1. The first kappa shape index (κ1) is 13.3. The normalized spacial score (nSPS) is 12.2. The number of nitrogens with one attached hydrogen (secondary N) is 1. The van der Waals surface area contributed by atoms with Gasteiger partial charge in [0.1, 0.15) is 0 Å². The maximum absolute atomic E-state index is 3.48. The van der Waals surface area contributed by atoms with E-state index in [1.165, 1.54) is 16.0 Å². The first-order chi connectivity index (χ1) is 7.67. The van der Waals surface area contributed by atoms with Crippen molar-refractivity contribution < 1.29 is 0 Å². The lowest BCUT2D eigenvalue weighted by atomic mass is 10.0. The van der Waals surface area contributed by atoms with Crippen molar-refractivity contribution >= 4 is 11.8 Å². The predicted molar refractivity (Wildman–Crippen MR) is 74.1 cm³/mol. The summed E-state index contributed by atoms with van der Waals surface area (Å²) in [4.78, 5) is 1.32. The molecule has 0 amide bonds. The molecule has 1 atom stereocenters. The second-order valence-electron chi connectivity index (χ2n) is 4.05. The van der Waals surface area contributed by atoms with E-state index < -0.39 is 0 Å². The second kappa shape index (κ2) is 6.77. The Hall–Kier alpha value is -0.730. The zero-order valence-corrected chi connectivity index (χ0v) is 11.4. The van der Waals surface area contributed by atoms with Crippen LogP contribution in [0.4, 0.5) is 0 Å². The first-order valence-electron chi connectivity index (χ1n) is 5.69. The highest BCUT2D eigenvalue weighted by Crippen LogP contribution is 2.20. The van der Waals surface area contributed by atoms with Crippen molar-refractivity contribution in [3.05, 3.63) is 41.5 Å². The van der Waals surface area contributed by atoms with Gasteiger partial charge in [-0.25, -0.2) is 0 Å². The zero-order chi connectivity index (χ0) is 12.0. The van der Waals surface area contributed by atoms with E-state index in [0.717, 1.165) is 6.54 Å². The van der Waals surface area contributed by atoms with Gasteiger partial charge in [-0.1, -0.05) is 30.7 Å². The van der Waals surface area contributed by atoms with E-state index >= 15 is 0 Å². The zero-order valence-electron chi connectivity index (χ0n) is 10.6. The van der Waals surface area contributed by atoms with Gasteiger partial charge in [-0.05, 0) is 44.3 Å². The van der Waals surface area contributed by atoms with Crippen LogP contribution >= 0.6 is 11.8 Å². The smallest absolute Gasteiger partial charge is 0.0508 e. The molecule has 16 heavy (non-hydrogen) atoms. The van der Waals surface area contributed by atoms with Gasteiger partial charge < -0.3 is 5.32 Å². The molecule has 2 heteroatoms. The molecule has 1 N–H and O–H groups in total. The van der Waals surface area contributed by atoms with Crippen molar-refractivity contribution in [2.24, 2.45) is 0 Å². The van der Waals surface area contributed by atoms with E-state index in [2.05, 4.69) is 62.7 Å². The van der Waals surface area contributed by atoms with E-state index in [9.17, 15) is 0 Å². The van der Waals surface area contributed by atoms with Gasteiger partial charge in [0, 0.05) is 4.90 Å². The van der Waals surface area contributed by atoms with Crippen LogP contribution in [0.15, 0.2) is 40.8 Å². The number of rotatable bonds is 5.